The molecule has 9 nitrogen and oxygen atoms in total. The minimum absolute atomic E-state index is 0.000784. The number of nitrogens with zero attached hydrogens (tertiary/aromatic N) is 3. The summed E-state index contributed by atoms with van der Waals surface area (Å²) in [7, 11) is 1.71. The van der Waals surface area contributed by atoms with Gasteiger partial charge in [0.2, 0.25) is 5.91 Å². The van der Waals surface area contributed by atoms with Gasteiger partial charge in [-0.2, -0.15) is 0 Å². The number of para-hydroxylation sites is 2. The molecule has 1 aliphatic rings. The Morgan fingerprint density at radius 1 is 1.22 bits per heavy atom. The first kappa shape index (κ1) is 26.9. The molecule has 2 aromatic carbocycles. The number of amides is 3. The van der Waals surface area contributed by atoms with Crippen LogP contribution in [0.25, 0.3) is 11.0 Å². The maximum atomic E-state index is 13.1. The van der Waals surface area contributed by atoms with Crippen LogP contribution in [0.4, 0.5) is 10.5 Å². The second-order valence-corrected chi connectivity index (χ2v) is 9.88. The third-order valence-electron chi connectivity index (χ3n) is 6.62. The monoisotopic (exact) mass is 526 g/mol. The standard InChI is InChI=1S/C27H35ClN6O3/c1-37-15-5-14-34-24-8-3-2-7-23(24)32-26(34)19-6-4-13-33(18-19)25(35)16-21(29)17-30-27(36)31-22-11-9-20(28)10-12-22/h2-3,7-12,19,21H,4-6,13-18,29H2,1H3,(H2,30,31,36)/t19-,21-/m1/s1. The fourth-order valence-corrected chi connectivity index (χ4v) is 4.91. The molecule has 1 aromatic heterocycles. The molecule has 0 spiro atoms. The van der Waals surface area contributed by atoms with Crippen molar-refractivity contribution in [1.29, 1.82) is 0 Å². The van der Waals surface area contributed by atoms with Gasteiger partial charge in [0.1, 0.15) is 5.82 Å². The number of nitrogens with one attached hydrogen (secondary N) is 2. The number of urea groups is 1. The molecule has 4 N–H and O–H groups in total. The normalized spacial score (nSPS) is 16.5. The average Bonchev–Trinajstić information content (AvgIpc) is 3.28. The van der Waals surface area contributed by atoms with E-state index in [1.54, 1.807) is 31.4 Å². The number of aryl methyl sites for hydroxylation is 1. The molecule has 2 atom stereocenters. The topological polar surface area (TPSA) is 115 Å². The van der Waals surface area contributed by atoms with Gasteiger partial charge in [-0.05, 0) is 55.7 Å². The fourth-order valence-electron chi connectivity index (χ4n) is 4.78. The smallest absolute Gasteiger partial charge is 0.319 e. The van der Waals surface area contributed by atoms with E-state index in [1.165, 1.54) is 0 Å². The summed E-state index contributed by atoms with van der Waals surface area (Å²) in [6, 6.07) is 14.1. The van der Waals surface area contributed by atoms with Crippen LogP contribution in [0.2, 0.25) is 5.02 Å². The summed E-state index contributed by atoms with van der Waals surface area (Å²) in [4.78, 5) is 32.1. The molecule has 1 fully saturated rings. The maximum absolute atomic E-state index is 13.1. The lowest BCUT2D eigenvalue weighted by Gasteiger charge is -2.33. The summed E-state index contributed by atoms with van der Waals surface area (Å²) in [6.07, 6.45) is 2.95. The molecule has 198 valence electrons. The van der Waals surface area contributed by atoms with Crippen molar-refractivity contribution in [2.75, 3.05) is 38.7 Å². The number of benzene rings is 2. The molecule has 10 heteroatoms. The number of likely N-dealkylation sites (tertiary alicyclic amines) is 1. The second kappa shape index (κ2) is 12.9. The molecular formula is C27H35ClN6O3. The van der Waals surface area contributed by atoms with E-state index in [0.29, 0.717) is 30.4 Å². The van der Waals surface area contributed by atoms with Crippen LogP contribution in [0.3, 0.4) is 0 Å². The van der Waals surface area contributed by atoms with E-state index in [4.69, 9.17) is 27.1 Å². The number of methoxy groups -OCH3 is 1. The average molecular weight is 527 g/mol. The summed E-state index contributed by atoms with van der Waals surface area (Å²) < 4.78 is 7.54. The van der Waals surface area contributed by atoms with Gasteiger partial charge in [0.05, 0.1) is 11.0 Å². The SMILES string of the molecule is COCCCn1c([C@@H]2CCCN(C(=O)C[C@@H](N)CNC(=O)Nc3ccc(Cl)cc3)C2)nc2ccccc21. The second-order valence-electron chi connectivity index (χ2n) is 9.44. The van der Waals surface area contributed by atoms with Crippen LogP contribution in [-0.4, -0.2) is 65.8 Å². The van der Waals surface area contributed by atoms with E-state index >= 15 is 0 Å². The predicted octanol–water partition coefficient (Wildman–Crippen LogP) is 3.97. The van der Waals surface area contributed by atoms with E-state index in [1.807, 2.05) is 23.1 Å². The van der Waals surface area contributed by atoms with Crippen molar-refractivity contribution in [2.24, 2.45) is 5.73 Å². The Hall–Kier alpha value is -3.14. The van der Waals surface area contributed by atoms with Gasteiger partial charge < -0.3 is 30.6 Å². The number of carbonyl (C=O) groups excluding carboxylic acids is 2. The summed E-state index contributed by atoms with van der Waals surface area (Å²) in [5.74, 6) is 1.19. The Balaban J connectivity index is 1.32. The summed E-state index contributed by atoms with van der Waals surface area (Å²) in [5, 5.41) is 6.05. The minimum Gasteiger partial charge on any atom is -0.385 e. The summed E-state index contributed by atoms with van der Waals surface area (Å²) in [6.45, 7) is 3.02. The molecule has 0 radical (unpaired) electrons. The van der Waals surface area contributed by atoms with Crippen LogP contribution < -0.4 is 16.4 Å². The van der Waals surface area contributed by atoms with Crippen LogP contribution in [0.5, 0.6) is 0 Å². The highest BCUT2D eigenvalue weighted by atomic mass is 35.5. The van der Waals surface area contributed by atoms with Crippen molar-refractivity contribution in [3.63, 3.8) is 0 Å². The van der Waals surface area contributed by atoms with Crippen molar-refractivity contribution in [3.05, 3.63) is 59.4 Å². The van der Waals surface area contributed by atoms with Gasteiger partial charge >= 0.3 is 6.03 Å². The van der Waals surface area contributed by atoms with E-state index in [2.05, 4.69) is 21.3 Å². The fraction of sp³-hybridized carbons (Fsp3) is 0.444. The Labute approximate surface area is 222 Å². The number of rotatable bonds is 10. The Bertz CT molecular complexity index is 1200. The van der Waals surface area contributed by atoms with E-state index < -0.39 is 6.04 Å². The van der Waals surface area contributed by atoms with Gasteiger partial charge in [-0.1, -0.05) is 23.7 Å². The molecule has 0 saturated carbocycles. The highest BCUT2D eigenvalue weighted by Gasteiger charge is 2.29. The number of aromatic nitrogens is 2. The van der Waals surface area contributed by atoms with Gasteiger partial charge in [-0.15, -0.1) is 0 Å². The number of imidazole rings is 1. The molecule has 37 heavy (non-hydrogen) atoms. The van der Waals surface area contributed by atoms with Gasteiger partial charge in [0.25, 0.3) is 0 Å². The van der Waals surface area contributed by atoms with Crippen molar-refractivity contribution < 1.29 is 14.3 Å². The molecule has 3 amide bonds. The van der Waals surface area contributed by atoms with Crippen molar-refractivity contribution in [1.82, 2.24) is 19.8 Å². The van der Waals surface area contributed by atoms with Crippen LogP contribution in [-0.2, 0) is 16.1 Å². The summed E-state index contributed by atoms with van der Waals surface area (Å²) in [5.41, 5.74) is 8.91. The van der Waals surface area contributed by atoms with Crippen LogP contribution in [0.15, 0.2) is 48.5 Å². The number of carbonyl (C=O) groups is 2. The highest BCUT2D eigenvalue weighted by Crippen LogP contribution is 2.30. The van der Waals surface area contributed by atoms with E-state index in [-0.39, 0.29) is 30.8 Å². The number of fused-ring (bicyclic) bond motifs is 1. The zero-order valence-corrected chi connectivity index (χ0v) is 21.9. The number of piperidine rings is 1. The molecule has 4 rings (SSSR count). The van der Waals surface area contributed by atoms with Gasteiger partial charge in [-0.25, -0.2) is 9.78 Å². The van der Waals surface area contributed by atoms with Gasteiger partial charge in [0.15, 0.2) is 0 Å². The van der Waals surface area contributed by atoms with Crippen molar-refractivity contribution in [2.45, 2.75) is 44.2 Å². The van der Waals surface area contributed by atoms with Crippen LogP contribution in [0.1, 0.15) is 37.4 Å². The first-order chi connectivity index (χ1) is 17.9. The quantitative estimate of drug-likeness (QED) is 0.346. The van der Waals surface area contributed by atoms with Crippen molar-refractivity contribution in [3.8, 4) is 0 Å². The molecule has 2 heterocycles. The maximum Gasteiger partial charge on any atom is 0.319 e. The lowest BCUT2D eigenvalue weighted by Crippen LogP contribution is -2.45. The first-order valence-corrected chi connectivity index (χ1v) is 13.1. The molecule has 1 saturated heterocycles. The molecule has 0 aliphatic carbocycles. The highest BCUT2D eigenvalue weighted by molar-refractivity contribution is 6.30. The zero-order valence-electron chi connectivity index (χ0n) is 21.2. The third-order valence-corrected chi connectivity index (χ3v) is 6.87. The van der Waals surface area contributed by atoms with E-state index in [0.717, 1.165) is 42.7 Å². The molecule has 0 bridgehead atoms. The molecular weight excluding hydrogens is 492 g/mol. The van der Waals surface area contributed by atoms with Gasteiger partial charge in [-0.3, -0.25) is 4.79 Å². The first-order valence-electron chi connectivity index (χ1n) is 12.7. The third kappa shape index (κ3) is 7.21. The van der Waals surface area contributed by atoms with E-state index in [9.17, 15) is 9.59 Å². The number of ether oxygens (including phenoxy) is 1. The number of hydrogen-bond donors (Lipinski definition) is 3. The minimum atomic E-state index is -0.484. The summed E-state index contributed by atoms with van der Waals surface area (Å²) >= 11 is 5.87. The zero-order chi connectivity index (χ0) is 26.2. The lowest BCUT2D eigenvalue weighted by atomic mass is 9.96. The Morgan fingerprint density at radius 3 is 2.78 bits per heavy atom. The predicted molar refractivity (Wildman–Crippen MR) is 146 cm³/mol. The van der Waals surface area contributed by atoms with Crippen LogP contribution >= 0.6 is 11.6 Å². The lowest BCUT2D eigenvalue weighted by molar-refractivity contribution is -0.132. The van der Waals surface area contributed by atoms with Gasteiger partial charge in [0, 0.05) is 69.0 Å². The van der Waals surface area contributed by atoms with Crippen LogP contribution in [0, 0.1) is 0 Å². The largest absolute Gasteiger partial charge is 0.385 e. The number of nitrogens with two attached hydrogens (primary N) is 1. The molecule has 0 unspecified atom stereocenters. The molecule has 1 aliphatic heterocycles. The Kier molecular flexibility index (Phi) is 9.38. The molecule has 3 aromatic rings. The number of anilines is 1. The number of hydrogen-bond acceptors (Lipinski definition) is 5. The number of halogens is 1. The Morgan fingerprint density at radius 2 is 2.00 bits per heavy atom. The van der Waals surface area contributed by atoms with Crippen molar-refractivity contribution >= 4 is 40.3 Å².